The lowest BCUT2D eigenvalue weighted by Crippen LogP contribution is -2.15. The van der Waals surface area contributed by atoms with Crippen LogP contribution in [0.2, 0.25) is 10.0 Å². The van der Waals surface area contributed by atoms with E-state index in [4.69, 9.17) is 23.2 Å². The Morgan fingerprint density at radius 2 is 2.07 bits per heavy atom. The Morgan fingerprint density at radius 1 is 1.43 bits per heavy atom. The van der Waals surface area contributed by atoms with Crippen LogP contribution < -0.4 is 0 Å². The molecule has 5 heteroatoms. The quantitative estimate of drug-likeness (QED) is 0.579. The van der Waals surface area contributed by atoms with Crippen LogP contribution in [0.25, 0.3) is 0 Å². The fourth-order valence-corrected chi connectivity index (χ4v) is 1.85. The van der Waals surface area contributed by atoms with E-state index in [-0.39, 0.29) is 10.6 Å². The van der Waals surface area contributed by atoms with Crippen molar-refractivity contribution in [3.05, 3.63) is 33.8 Å². The zero-order chi connectivity index (χ0) is 10.7. The average molecular weight is 361 g/mol. The SMILES string of the molecule is O=C(c1cc(Cl)ccc1Cl)C(Br)CBr. The summed E-state index contributed by atoms with van der Waals surface area (Å²) in [7, 11) is 0. The molecule has 76 valence electrons. The predicted octanol–water partition coefficient (Wildman–Crippen LogP) is 4.33. The van der Waals surface area contributed by atoms with Gasteiger partial charge in [-0.2, -0.15) is 0 Å². The maximum absolute atomic E-state index is 11.7. The number of carbonyl (C=O) groups is 1. The minimum atomic E-state index is -0.279. The van der Waals surface area contributed by atoms with Crippen molar-refractivity contribution >= 4 is 60.8 Å². The lowest BCUT2D eigenvalue weighted by Gasteiger charge is -2.07. The molecule has 0 amide bonds. The molecule has 1 aromatic carbocycles. The van der Waals surface area contributed by atoms with Crippen molar-refractivity contribution in [1.82, 2.24) is 0 Å². The Bertz CT molecular complexity index is 355. The van der Waals surface area contributed by atoms with Gasteiger partial charge in [0.1, 0.15) is 0 Å². The van der Waals surface area contributed by atoms with Gasteiger partial charge in [-0.15, -0.1) is 0 Å². The van der Waals surface area contributed by atoms with Crippen LogP contribution in [-0.4, -0.2) is 15.9 Å². The smallest absolute Gasteiger partial charge is 0.178 e. The lowest BCUT2D eigenvalue weighted by molar-refractivity contribution is 0.0997. The zero-order valence-electron chi connectivity index (χ0n) is 6.94. The number of Topliss-reactive ketones (excluding diaryl/α,β-unsaturated/α-hetero) is 1. The number of benzene rings is 1. The summed E-state index contributed by atoms with van der Waals surface area (Å²) in [4.78, 5) is 11.4. The molecule has 0 heterocycles. The summed E-state index contributed by atoms with van der Waals surface area (Å²) in [5.74, 6) is -0.0747. The largest absolute Gasteiger partial charge is 0.293 e. The monoisotopic (exact) mass is 358 g/mol. The first-order chi connectivity index (χ1) is 6.56. The Kier molecular flexibility index (Phi) is 4.91. The number of hydrogen-bond donors (Lipinski definition) is 0. The van der Waals surface area contributed by atoms with E-state index in [1.807, 2.05) is 0 Å². The highest BCUT2D eigenvalue weighted by Crippen LogP contribution is 2.24. The second kappa shape index (κ2) is 5.50. The van der Waals surface area contributed by atoms with Gasteiger partial charge in [0.15, 0.2) is 5.78 Å². The van der Waals surface area contributed by atoms with Gasteiger partial charge < -0.3 is 0 Å². The minimum absolute atomic E-state index is 0.0747. The van der Waals surface area contributed by atoms with Gasteiger partial charge >= 0.3 is 0 Å². The summed E-state index contributed by atoms with van der Waals surface area (Å²) in [5.41, 5.74) is 0.445. The Morgan fingerprint density at radius 3 is 2.64 bits per heavy atom. The molecule has 0 bridgehead atoms. The van der Waals surface area contributed by atoms with Crippen molar-refractivity contribution in [3.8, 4) is 0 Å². The second-order valence-corrected chi connectivity index (χ2v) is 5.21. The van der Waals surface area contributed by atoms with Crippen molar-refractivity contribution < 1.29 is 4.79 Å². The summed E-state index contributed by atoms with van der Waals surface area (Å²) >= 11 is 18.1. The number of carbonyl (C=O) groups excluding carboxylic acids is 1. The van der Waals surface area contributed by atoms with Crippen molar-refractivity contribution in [2.24, 2.45) is 0 Å². The Hall–Kier alpha value is 0.430. The van der Waals surface area contributed by atoms with Crippen LogP contribution >= 0.6 is 55.1 Å². The Balaban J connectivity index is 3.06. The predicted molar refractivity (Wildman–Crippen MR) is 67.3 cm³/mol. The van der Waals surface area contributed by atoms with E-state index in [1.165, 1.54) is 0 Å². The van der Waals surface area contributed by atoms with E-state index >= 15 is 0 Å². The molecule has 1 aromatic rings. The molecule has 0 aliphatic heterocycles. The van der Waals surface area contributed by atoms with Gasteiger partial charge in [0, 0.05) is 15.9 Å². The first-order valence-corrected chi connectivity index (χ1v) is 6.55. The van der Waals surface area contributed by atoms with Gasteiger partial charge in [-0.25, -0.2) is 0 Å². The van der Waals surface area contributed by atoms with Gasteiger partial charge in [0.25, 0.3) is 0 Å². The number of alkyl halides is 2. The third-order valence-corrected chi connectivity index (χ3v) is 4.43. The van der Waals surface area contributed by atoms with Crippen LogP contribution in [0, 0.1) is 0 Å². The number of ketones is 1. The van der Waals surface area contributed by atoms with Gasteiger partial charge in [0.05, 0.1) is 9.85 Å². The second-order valence-electron chi connectivity index (χ2n) is 2.61. The fourth-order valence-electron chi connectivity index (χ4n) is 0.925. The van der Waals surface area contributed by atoms with E-state index in [0.29, 0.717) is 20.9 Å². The van der Waals surface area contributed by atoms with Gasteiger partial charge in [0.2, 0.25) is 0 Å². The first kappa shape index (κ1) is 12.5. The molecule has 0 saturated carbocycles. The molecule has 0 spiro atoms. The van der Waals surface area contributed by atoms with Gasteiger partial charge in [-0.05, 0) is 18.2 Å². The lowest BCUT2D eigenvalue weighted by atomic mass is 10.1. The highest BCUT2D eigenvalue weighted by Gasteiger charge is 2.18. The molecule has 1 rings (SSSR count). The van der Waals surface area contributed by atoms with E-state index in [9.17, 15) is 4.79 Å². The summed E-state index contributed by atoms with van der Waals surface area (Å²) in [5, 5.41) is 1.46. The minimum Gasteiger partial charge on any atom is -0.293 e. The molecule has 1 nitrogen and oxygen atoms in total. The maximum Gasteiger partial charge on any atom is 0.178 e. The van der Waals surface area contributed by atoms with Crippen LogP contribution in [0.15, 0.2) is 18.2 Å². The van der Waals surface area contributed by atoms with Gasteiger partial charge in [-0.3, -0.25) is 4.79 Å². The molecule has 0 N–H and O–H groups in total. The summed E-state index contributed by atoms with van der Waals surface area (Å²) in [6, 6.07) is 4.84. The Labute approximate surface area is 109 Å². The number of hydrogen-bond acceptors (Lipinski definition) is 1. The van der Waals surface area contributed by atoms with Crippen molar-refractivity contribution in [1.29, 1.82) is 0 Å². The molecular weight excluding hydrogens is 355 g/mol. The van der Waals surface area contributed by atoms with Gasteiger partial charge in [-0.1, -0.05) is 55.1 Å². The molecule has 1 unspecified atom stereocenters. The normalized spacial score (nSPS) is 12.6. The number of halogens is 4. The van der Waals surface area contributed by atoms with E-state index in [0.717, 1.165) is 0 Å². The highest BCUT2D eigenvalue weighted by atomic mass is 79.9. The average Bonchev–Trinajstić information content (AvgIpc) is 2.19. The third kappa shape index (κ3) is 2.96. The molecule has 0 fully saturated rings. The molecule has 0 aliphatic carbocycles. The van der Waals surface area contributed by atoms with Crippen LogP contribution in [0.1, 0.15) is 10.4 Å². The molecule has 1 atom stereocenters. The van der Waals surface area contributed by atoms with Crippen LogP contribution in [-0.2, 0) is 0 Å². The van der Waals surface area contributed by atoms with E-state index < -0.39 is 0 Å². The van der Waals surface area contributed by atoms with E-state index in [1.54, 1.807) is 18.2 Å². The van der Waals surface area contributed by atoms with Crippen molar-refractivity contribution in [2.75, 3.05) is 5.33 Å². The highest BCUT2D eigenvalue weighted by molar-refractivity contribution is 9.12. The molecule has 0 saturated heterocycles. The zero-order valence-corrected chi connectivity index (χ0v) is 11.6. The third-order valence-electron chi connectivity index (χ3n) is 1.61. The van der Waals surface area contributed by atoms with Crippen molar-refractivity contribution in [2.45, 2.75) is 4.83 Å². The van der Waals surface area contributed by atoms with Crippen LogP contribution in [0.3, 0.4) is 0 Å². The summed E-state index contributed by atoms with van der Waals surface area (Å²) in [6.45, 7) is 0. The van der Waals surface area contributed by atoms with Crippen LogP contribution in [0.5, 0.6) is 0 Å². The number of rotatable bonds is 3. The summed E-state index contributed by atoms with van der Waals surface area (Å²) < 4.78 is 0. The van der Waals surface area contributed by atoms with Crippen molar-refractivity contribution in [3.63, 3.8) is 0 Å². The van der Waals surface area contributed by atoms with Crippen LogP contribution in [0.4, 0.5) is 0 Å². The standard InChI is InChI=1S/C9H6Br2Cl2O/c10-4-7(11)9(14)6-3-5(12)1-2-8(6)13/h1-3,7H,4H2. The molecular formula is C9H6Br2Cl2O. The summed E-state index contributed by atoms with van der Waals surface area (Å²) in [6.07, 6.45) is 0. The first-order valence-electron chi connectivity index (χ1n) is 3.75. The fraction of sp³-hybridized carbons (Fsp3) is 0.222. The molecule has 14 heavy (non-hydrogen) atoms. The maximum atomic E-state index is 11.7. The molecule has 0 radical (unpaired) electrons. The topological polar surface area (TPSA) is 17.1 Å². The van der Waals surface area contributed by atoms with E-state index in [2.05, 4.69) is 31.9 Å². The molecule has 0 aromatic heterocycles. The molecule has 0 aliphatic rings.